The number of nitrogens with zero attached hydrogens (tertiary/aromatic N) is 3. The third kappa shape index (κ3) is 4.30. The van der Waals surface area contributed by atoms with Crippen molar-refractivity contribution in [1.82, 2.24) is 10.1 Å². The fourth-order valence-corrected chi connectivity index (χ4v) is 4.50. The molecular weight excluding hydrogens is 484 g/mol. The van der Waals surface area contributed by atoms with Crippen molar-refractivity contribution in [2.45, 2.75) is 38.0 Å². The van der Waals surface area contributed by atoms with E-state index in [9.17, 15) is 14.4 Å². The van der Waals surface area contributed by atoms with Crippen LogP contribution in [0.2, 0.25) is 0 Å². The van der Waals surface area contributed by atoms with Gasteiger partial charge in [-0.05, 0) is 35.2 Å². The van der Waals surface area contributed by atoms with Crippen molar-refractivity contribution in [2.24, 2.45) is 0 Å². The van der Waals surface area contributed by atoms with Crippen molar-refractivity contribution in [2.75, 3.05) is 25.4 Å². The fourth-order valence-electron chi connectivity index (χ4n) is 4.14. The first kappa shape index (κ1) is 25.2. The number of thioether (sulfide) groups is 1. The molecule has 4 rings (SSSR count). The number of H-pyrrole nitrogens is 1. The zero-order valence-corrected chi connectivity index (χ0v) is 21.5. The van der Waals surface area contributed by atoms with Crippen molar-refractivity contribution < 1.29 is 28.5 Å². The van der Waals surface area contributed by atoms with Gasteiger partial charge in [-0.1, -0.05) is 37.7 Å². The van der Waals surface area contributed by atoms with Gasteiger partial charge >= 0.3 is 17.2 Å². The quantitative estimate of drug-likeness (QED) is 0.223. The van der Waals surface area contributed by atoms with Gasteiger partial charge in [0, 0.05) is 17.9 Å². The predicted molar refractivity (Wildman–Crippen MR) is 134 cm³/mol. The van der Waals surface area contributed by atoms with Gasteiger partial charge in [0.2, 0.25) is 16.8 Å². The summed E-state index contributed by atoms with van der Waals surface area (Å²) in [5, 5.41) is 5.07. The Morgan fingerprint density at radius 2 is 1.78 bits per heavy atom. The number of benzene rings is 2. The lowest BCUT2D eigenvalue weighted by Gasteiger charge is -2.32. The Hall–Kier alpha value is -3.86. The third-order valence-electron chi connectivity index (χ3n) is 5.81. The van der Waals surface area contributed by atoms with Gasteiger partial charge in [-0.2, -0.15) is 0 Å². The van der Waals surface area contributed by atoms with Crippen LogP contribution in [0, 0.1) is 0 Å². The van der Waals surface area contributed by atoms with Crippen LogP contribution in [0.15, 0.2) is 46.3 Å². The molecule has 1 aliphatic rings. The molecule has 2 heterocycles. The summed E-state index contributed by atoms with van der Waals surface area (Å²) < 4.78 is 18.1. The number of methoxy groups -OCH3 is 2. The minimum Gasteiger partial charge on any atom is -0.493 e. The maximum atomic E-state index is 13.4. The standard InChI is InChI=1S/C25H26N4O6S/c1-6-19(30)28-16-11-9-8-10-15(16)21-23(32)26-25(36-5)27-29(21)24(28)14-12-17(33-3)22(18(13-14)34-4)35-20(31)7-2/h8-13,24H,6-7H2,1-5H3/p+1. The second-order valence-electron chi connectivity index (χ2n) is 7.85. The summed E-state index contributed by atoms with van der Waals surface area (Å²) in [4.78, 5) is 43.1. The molecule has 1 amide bonds. The molecule has 1 aromatic heterocycles. The summed E-state index contributed by atoms with van der Waals surface area (Å²) in [6, 6.07) is 10.5. The van der Waals surface area contributed by atoms with Gasteiger partial charge in [-0.15, -0.1) is 0 Å². The van der Waals surface area contributed by atoms with E-state index in [2.05, 4.69) is 10.1 Å². The first-order valence-electron chi connectivity index (χ1n) is 11.4. The summed E-state index contributed by atoms with van der Waals surface area (Å²) in [5.41, 5.74) is 1.70. The molecule has 0 bridgehead atoms. The summed E-state index contributed by atoms with van der Waals surface area (Å²) in [6.07, 6.45) is 1.35. The lowest BCUT2D eigenvalue weighted by molar-refractivity contribution is -0.763. The molecule has 36 heavy (non-hydrogen) atoms. The van der Waals surface area contributed by atoms with Crippen molar-refractivity contribution in [3.05, 3.63) is 52.3 Å². The Morgan fingerprint density at radius 1 is 1.11 bits per heavy atom. The number of hydrogen-bond acceptors (Lipinski definition) is 8. The van der Waals surface area contributed by atoms with Crippen molar-refractivity contribution >= 4 is 29.3 Å². The van der Waals surface area contributed by atoms with Crippen LogP contribution in [-0.4, -0.2) is 42.4 Å². The monoisotopic (exact) mass is 511 g/mol. The van der Waals surface area contributed by atoms with E-state index >= 15 is 0 Å². The van der Waals surface area contributed by atoms with Crippen LogP contribution >= 0.6 is 11.8 Å². The average molecular weight is 512 g/mol. The van der Waals surface area contributed by atoms with Crippen LogP contribution in [0.25, 0.3) is 11.3 Å². The highest BCUT2D eigenvalue weighted by molar-refractivity contribution is 7.98. The second kappa shape index (κ2) is 10.4. The van der Waals surface area contributed by atoms with Crippen LogP contribution in [0.4, 0.5) is 5.69 Å². The van der Waals surface area contributed by atoms with Gasteiger partial charge in [0.1, 0.15) is 0 Å². The van der Waals surface area contributed by atoms with E-state index in [0.29, 0.717) is 27.7 Å². The molecule has 3 aromatic rings. The fraction of sp³-hybridized carbons (Fsp3) is 0.320. The molecule has 1 N–H and O–H groups in total. The number of ether oxygens (including phenoxy) is 3. The number of carbonyl (C=O) groups excluding carboxylic acids is 2. The number of anilines is 1. The van der Waals surface area contributed by atoms with Crippen LogP contribution in [0.5, 0.6) is 17.2 Å². The number of para-hydroxylation sites is 1. The highest BCUT2D eigenvalue weighted by Gasteiger charge is 2.46. The van der Waals surface area contributed by atoms with Crippen molar-refractivity contribution in [3.8, 4) is 28.5 Å². The number of fused-ring (bicyclic) bond motifs is 3. The van der Waals surface area contributed by atoms with Gasteiger partial charge in [0.25, 0.3) is 6.17 Å². The third-order valence-corrected chi connectivity index (χ3v) is 6.38. The van der Waals surface area contributed by atoms with Crippen molar-refractivity contribution in [1.29, 1.82) is 0 Å². The van der Waals surface area contributed by atoms with Gasteiger partial charge in [-0.25, -0.2) is 4.90 Å². The number of amides is 1. The molecule has 0 aliphatic carbocycles. The van der Waals surface area contributed by atoms with Crippen LogP contribution in [0.1, 0.15) is 38.4 Å². The van der Waals surface area contributed by atoms with Gasteiger partial charge in [-0.3, -0.25) is 19.4 Å². The minimum atomic E-state index is -0.839. The largest absolute Gasteiger partial charge is 0.493 e. The molecule has 10 nitrogen and oxygen atoms in total. The maximum Gasteiger partial charge on any atom is 0.325 e. The Morgan fingerprint density at radius 3 is 2.36 bits per heavy atom. The molecule has 0 fully saturated rings. The van der Waals surface area contributed by atoms with Crippen LogP contribution in [0.3, 0.4) is 0 Å². The molecule has 2 aromatic carbocycles. The van der Waals surface area contributed by atoms with E-state index in [1.54, 1.807) is 54.0 Å². The number of hydrogen-bond donors (Lipinski definition) is 1. The number of aromatic amines is 1. The van der Waals surface area contributed by atoms with E-state index in [-0.39, 0.29) is 41.6 Å². The molecule has 0 radical (unpaired) electrons. The summed E-state index contributed by atoms with van der Waals surface area (Å²) in [5.74, 6) is -0.00452. The Balaban J connectivity index is 2.05. The smallest absolute Gasteiger partial charge is 0.325 e. The number of carbonyl (C=O) groups is 2. The maximum absolute atomic E-state index is 13.4. The molecule has 0 saturated heterocycles. The Kier molecular flexibility index (Phi) is 7.30. The highest BCUT2D eigenvalue weighted by atomic mass is 32.2. The molecule has 0 saturated carbocycles. The molecule has 1 atom stereocenters. The lowest BCUT2D eigenvalue weighted by atomic mass is 10.0. The number of esters is 1. The van der Waals surface area contributed by atoms with Gasteiger partial charge in [0.15, 0.2) is 11.5 Å². The van der Waals surface area contributed by atoms with Crippen LogP contribution < -0.4 is 29.4 Å². The average Bonchev–Trinajstić information content (AvgIpc) is 2.91. The summed E-state index contributed by atoms with van der Waals surface area (Å²) in [6.45, 7) is 3.46. The SMILES string of the molecule is CCC(=O)Oc1c(OC)cc(C2N(C(=O)CC)c3ccccc3-c3c(=O)[nH]c(SC)n[n+]32)cc1OC. The molecule has 11 heteroatoms. The van der Waals surface area contributed by atoms with Gasteiger partial charge < -0.3 is 14.2 Å². The normalized spacial score (nSPS) is 14.0. The van der Waals surface area contributed by atoms with E-state index in [1.807, 2.05) is 12.1 Å². The Bertz CT molecular complexity index is 1360. The molecular formula is C25H27N4O6S+. The van der Waals surface area contributed by atoms with Crippen LogP contribution in [-0.2, 0) is 9.59 Å². The number of nitrogens with one attached hydrogen (secondary N) is 1. The van der Waals surface area contributed by atoms with Gasteiger partial charge in [0.05, 0.1) is 31.0 Å². The molecule has 1 aliphatic heterocycles. The molecule has 0 spiro atoms. The van der Waals surface area contributed by atoms with E-state index in [0.717, 1.165) is 0 Å². The first-order valence-corrected chi connectivity index (χ1v) is 12.6. The lowest BCUT2D eigenvalue weighted by Crippen LogP contribution is -2.60. The number of rotatable bonds is 7. The number of aromatic nitrogens is 3. The Labute approximate surface area is 212 Å². The second-order valence-corrected chi connectivity index (χ2v) is 8.64. The predicted octanol–water partition coefficient (Wildman–Crippen LogP) is 3.08. The van der Waals surface area contributed by atoms with E-state index in [1.165, 1.54) is 26.0 Å². The molecule has 1 unspecified atom stereocenters. The van der Waals surface area contributed by atoms with E-state index in [4.69, 9.17) is 14.2 Å². The zero-order valence-electron chi connectivity index (χ0n) is 20.7. The minimum absolute atomic E-state index is 0.133. The topological polar surface area (TPSA) is 115 Å². The summed E-state index contributed by atoms with van der Waals surface area (Å²) >= 11 is 1.28. The molecule has 188 valence electrons. The zero-order chi connectivity index (χ0) is 26.0. The first-order chi connectivity index (χ1) is 17.4. The van der Waals surface area contributed by atoms with E-state index < -0.39 is 12.1 Å². The summed E-state index contributed by atoms with van der Waals surface area (Å²) in [7, 11) is 2.89. The highest BCUT2D eigenvalue weighted by Crippen LogP contribution is 2.43. The van der Waals surface area contributed by atoms with Crippen molar-refractivity contribution in [3.63, 3.8) is 0 Å².